The summed E-state index contributed by atoms with van der Waals surface area (Å²) >= 11 is 0. The van der Waals surface area contributed by atoms with Crippen molar-refractivity contribution in [3.8, 4) is 5.75 Å². The van der Waals surface area contributed by atoms with E-state index in [2.05, 4.69) is 35.8 Å². The van der Waals surface area contributed by atoms with Gasteiger partial charge in [-0.2, -0.15) is 8.42 Å². The van der Waals surface area contributed by atoms with E-state index in [1.54, 1.807) is 42.6 Å². The third-order valence-corrected chi connectivity index (χ3v) is 11.7. The Labute approximate surface area is 406 Å². The van der Waals surface area contributed by atoms with Gasteiger partial charge >= 0.3 is 16.4 Å². The number of nitrogens with zero attached hydrogens (tertiary/aromatic N) is 1. The first kappa shape index (κ1) is 55.3. The molecular weight excluding hydrogens is 929 g/mol. The number of amides is 7. The summed E-state index contributed by atoms with van der Waals surface area (Å²) in [6, 6.07) is 15.1. The second-order valence-electron chi connectivity index (χ2n) is 16.7. The molecule has 0 saturated carbocycles. The minimum Gasteiger partial charge on any atom is -0.481 e. The molecule has 0 bridgehead atoms. The van der Waals surface area contributed by atoms with E-state index in [0.29, 0.717) is 42.4 Å². The van der Waals surface area contributed by atoms with Crippen LogP contribution in [0.3, 0.4) is 0 Å². The highest BCUT2D eigenvalue weighted by Gasteiger charge is 2.35. The first-order valence-electron chi connectivity index (χ1n) is 22.9. The minimum atomic E-state index is -4.71. The number of unbranched alkanes of at least 4 members (excludes halogenated alkanes) is 2. The molecule has 0 aliphatic heterocycles. The van der Waals surface area contributed by atoms with Crippen LogP contribution in [0.2, 0.25) is 0 Å². The summed E-state index contributed by atoms with van der Waals surface area (Å²) in [6.07, 6.45) is 3.48. The van der Waals surface area contributed by atoms with Gasteiger partial charge in [0.05, 0.1) is 13.0 Å². The van der Waals surface area contributed by atoms with Gasteiger partial charge in [0.25, 0.3) is 0 Å². The van der Waals surface area contributed by atoms with Gasteiger partial charge in [-0.25, -0.2) is 0 Å². The van der Waals surface area contributed by atoms with Crippen molar-refractivity contribution in [3.63, 3.8) is 0 Å². The summed E-state index contributed by atoms with van der Waals surface area (Å²) in [5.74, 6) is -6.91. The third kappa shape index (κ3) is 18.0. The Kier molecular flexibility index (Phi) is 21.3. The molecule has 4 rings (SSSR count). The molecule has 0 unspecified atom stereocenters. The van der Waals surface area contributed by atoms with E-state index in [0.717, 1.165) is 15.8 Å². The van der Waals surface area contributed by atoms with Gasteiger partial charge in [-0.1, -0.05) is 100 Å². The summed E-state index contributed by atoms with van der Waals surface area (Å²) < 4.78 is 35.2. The fourth-order valence-electron chi connectivity index (χ4n) is 7.56. The number of para-hydroxylation sites is 1. The van der Waals surface area contributed by atoms with Gasteiger partial charge in [0.2, 0.25) is 41.4 Å². The molecule has 5 atom stereocenters. The monoisotopic (exact) mass is 990 g/mol. The Morgan fingerprint density at radius 2 is 1.30 bits per heavy atom. The van der Waals surface area contributed by atoms with Crippen molar-refractivity contribution in [3.05, 3.63) is 102 Å². The maximum Gasteiger partial charge on any atom is 0.446 e. The highest BCUT2D eigenvalue weighted by Crippen LogP contribution is 2.20. The van der Waals surface area contributed by atoms with Crippen molar-refractivity contribution < 1.29 is 60.6 Å². The maximum atomic E-state index is 14.3. The number of carboxylic acid groups (broad SMARTS) is 1. The van der Waals surface area contributed by atoms with Gasteiger partial charge < -0.3 is 51.5 Å². The van der Waals surface area contributed by atoms with Crippen LogP contribution in [0, 0.1) is 0 Å². The van der Waals surface area contributed by atoms with Crippen molar-refractivity contribution in [2.24, 2.45) is 5.73 Å². The smallest absolute Gasteiger partial charge is 0.446 e. The molecule has 7 amide bonds. The lowest BCUT2D eigenvalue weighted by Crippen LogP contribution is -2.59. The lowest BCUT2D eigenvalue weighted by Gasteiger charge is -2.30. The van der Waals surface area contributed by atoms with E-state index in [-0.39, 0.29) is 44.3 Å². The predicted molar refractivity (Wildman–Crippen MR) is 257 cm³/mol. The van der Waals surface area contributed by atoms with E-state index in [4.69, 9.17) is 10.3 Å². The molecule has 3 aromatic carbocycles. The van der Waals surface area contributed by atoms with Crippen molar-refractivity contribution in [2.75, 3.05) is 13.6 Å². The number of aromatic nitrogens is 1. The average Bonchev–Trinajstić information content (AvgIpc) is 3.73. The molecule has 1 heterocycles. The zero-order valence-corrected chi connectivity index (χ0v) is 40.1. The molecule has 21 nitrogen and oxygen atoms in total. The van der Waals surface area contributed by atoms with Crippen LogP contribution in [0.5, 0.6) is 5.75 Å². The number of hydrogen-bond donors (Lipinski definition) is 9. The quantitative estimate of drug-likeness (QED) is 0.0352. The lowest BCUT2D eigenvalue weighted by atomic mass is 10.0. The van der Waals surface area contributed by atoms with E-state index in [1.165, 1.54) is 31.3 Å². The fourth-order valence-corrected chi connectivity index (χ4v) is 7.92. The van der Waals surface area contributed by atoms with Crippen LogP contribution in [-0.4, -0.2) is 119 Å². The second kappa shape index (κ2) is 27.0. The second-order valence-corrected chi connectivity index (χ2v) is 17.8. The molecule has 70 heavy (non-hydrogen) atoms. The van der Waals surface area contributed by atoms with Crippen LogP contribution in [0.25, 0.3) is 10.9 Å². The van der Waals surface area contributed by atoms with Crippen LogP contribution >= 0.6 is 0 Å². The number of carbonyl (C=O) groups excluding carboxylic acids is 7. The van der Waals surface area contributed by atoms with Crippen LogP contribution in [0.1, 0.15) is 81.9 Å². The number of H-pyrrole nitrogens is 1. The molecule has 22 heteroatoms. The molecule has 0 aliphatic carbocycles. The maximum absolute atomic E-state index is 14.3. The Hall–Kier alpha value is -7.33. The Morgan fingerprint density at radius 1 is 0.714 bits per heavy atom. The van der Waals surface area contributed by atoms with E-state index >= 15 is 0 Å². The topological polar surface area (TPSA) is 326 Å². The van der Waals surface area contributed by atoms with Gasteiger partial charge in [0.15, 0.2) is 0 Å². The number of aryl methyl sites for hydroxylation is 1. The van der Waals surface area contributed by atoms with Crippen molar-refractivity contribution in [1.29, 1.82) is 0 Å². The minimum absolute atomic E-state index is 0.0200. The number of likely N-dealkylation sites (N-methyl/N-ethyl adjacent to an activating group) is 1. The summed E-state index contributed by atoms with van der Waals surface area (Å²) in [5, 5.41) is 23.6. The number of primary amides is 1. The van der Waals surface area contributed by atoms with E-state index in [9.17, 15) is 51.9 Å². The molecule has 0 fully saturated rings. The predicted octanol–water partition coefficient (Wildman–Crippen LogP) is 1.99. The number of fused-ring (bicyclic) bond motifs is 1. The summed E-state index contributed by atoms with van der Waals surface area (Å²) in [6.45, 7) is 3.15. The van der Waals surface area contributed by atoms with Gasteiger partial charge in [0, 0.05) is 43.4 Å². The summed E-state index contributed by atoms with van der Waals surface area (Å²) in [4.78, 5) is 111. The third-order valence-electron chi connectivity index (χ3n) is 11.3. The normalized spacial score (nSPS) is 13.4. The SMILES string of the molecule is CCCC[C@H](NC(=O)CCc1ccc(OS(=O)(=O)O)cc1)C(=O)NCC(=O)N[C@@H](Cc1c[nH]c2ccccc12)C(=O)N[C@@H](CCCC)C(=O)N[C@@H](CC(=O)O)C(=O)N(C)[C@@H](Cc1ccccc1)C(N)=O. The van der Waals surface area contributed by atoms with Crippen molar-refractivity contribution in [2.45, 2.75) is 115 Å². The molecule has 0 spiro atoms. The number of nitrogens with one attached hydrogen (secondary N) is 6. The van der Waals surface area contributed by atoms with Crippen LogP contribution in [0.4, 0.5) is 0 Å². The standard InChI is InChI=1S/C48H62N8O13S/c1-4-6-16-36(52-41(57)24-21-30-19-22-33(23-20-30)69-70(66,67)68)45(62)51-29-42(58)53-38(26-32-28-50-35-18-12-11-15-34(32)35)47(64)54-37(17-7-5-2)46(63)55-39(27-43(59)60)48(65)56(3)40(44(49)61)25-31-13-9-8-10-14-31/h8-15,18-20,22-23,28,36-40,50H,4-7,16-17,21,24-27,29H2,1-3H3,(H2,49,61)(H,51,62)(H,52,57)(H,53,58)(H,54,64)(H,55,63)(H,59,60)(H,66,67,68)/t36-,37-,38-,39-,40-/m0/s1. The van der Waals surface area contributed by atoms with Gasteiger partial charge in [-0.05, 0) is 54.2 Å². The molecule has 0 aliphatic rings. The van der Waals surface area contributed by atoms with Crippen LogP contribution in [-0.2, 0) is 68.0 Å². The average molecular weight is 991 g/mol. The first-order chi connectivity index (χ1) is 33.3. The summed E-state index contributed by atoms with van der Waals surface area (Å²) in [7, 11) is -3.43. The molecule has 4 aromatic rings. The number of rotatable bonds is 29. The fraction of sp³-hybridized carbons (Fsp3) is 0.417. The number of carboxylic acids is 1. The Morgan fingerprint density at radius 3 is 1.91 bits per heavy atom. The number of hydrogen-bond acceptors (Lipinski definition) is 11. The summed E-state index contributed by atoms with van der Waals surface area (Å²) in [5.41, 5.74) is 8.38. The van der Waals surface area contributed by atoms with E-state index < -0.39 is 101 Å². The number of carbonyl (C=O) groups is 8. The Balaban J connectivity index is 1.48. The van der Waals surface area contributed by atoms with Gasteiger partial charge in [-0.15, -0.1) is 0 Å². The zero-order chi connectivity index (χ0) is 51.4. The van der Waals surface area contributed by atoms with Crippen LogP contribution < -0.4 is 36.5 Å². The highest BCUT2D eigenvalue weighted by molar-refractivity contribution is 7.81. The lowest BCUT2D eigenvalue weighted by molar-refractivity contribution is -0.146. The van der Waals surface area contributed by atoms with E-state index in [1.807, 2.05) is 32.0 Å². The van der Waals surface area contributed by atoms with Gasteiger partial charge in [-0.3, -0.25) is 42.9 Å². The first-order valence-corrected chi connectivity index (χ1v) is 24.2. The molecule has 10 N–H and O–H groups in total. The van der Waals surface area contributed by atoms with Crippen molar-refractivity contribution >= 4 is 68.6 Å². The molecule has 0 radical (unpaired) electrons. The molecule has 378 valence electrons. The van der Waals surface area contributed by atoms with Crippen LogP contribution in [0.15, 0.2) is 85.1 Å². The molecular formula is C48H62N8O13S. The molecule has 1 aromatic heterocycles. The van der Waals surface area contributed by atoms with Crippen molar-refractivity contribution in [1.82, 2.24) is 36.5 Å². The highest BCUT2D eigenvalue weighted by atomic mass is 32.3. The molecule has 0 saturated heterocycles. The zero-order valence-electron chi connectivity index (χ0n) is 39.3. The van der Waals surface area contributed by atoms with Gasteiger partial charge in [0.1, 0.15) is 36.0 Å². The Bertz CT molecular complexity index is 2560. The number of benzene rings is 3. The largest absolute Gasteiger partial charge is 0.481 e. The number of aromatic amines is 1. The number of nitrogens with two attached hydrogens (primary N) is 1. The number of aliphatic carboxylic acids is 1.